The van der Waals surface area contributed by atoms with Crippen LogP contribution in [0.15, 0.2) is 17.0 Å². The van der Waals surface area contributed by atoms with Gasteiger partial charge in [-0.25, -0.2) is 18.2 Å². The van der Waals surface area contributed by atoms with Gasteiger partial charge in [0.15, 0.2) is 0 Å². The van der Waals surface area contributed by atoms with Crippen molar-refractivity contribution in [3.05, 3.63) is 39.5 Å². The molecule has 0 atom stereocenters. The Hall–Kier alpha value is -1.93. The normalized spacial score (nSPS) is 11.5. The van der Waals surface area contributed by atoms with Crippen LogP contribution in [-0.2, 0) is 16.4 Å². The van der Waals surface area contributed by atoms with E-state index < -0.39 is 16.0 Å². The molecule has 1 aromatic carbocycles. The first kappa shape index (κ1) is 17.4. The zero-order valence-corrected chi connectivity index (χ0v) is 14.9. The molecule has 124 valence electrons. The summed E-state index contributed by atoms with van der Waals surface area (Å²) in [7, 11) is -3.88. The Balaban J connectivity index is 2.50. The Kier molecular flexibility index (Phi) is 4.76. The largest absolute Gasteiger partial charge is 0.478 e. The van der Waals surface area contributed by atoms with Crippen LogP contribution in [0.5, 0.6) is 0 Å². The number of aryl methyl sites for hydroxylation is 3. The molecule has 0 aliphatic rings. The maximum absolute atomic E-state index is 12.6. The van der Waals surface area contributed by atoms with Gasteiger partial charge in [0, 0.05) is 0 Å². The van der Waals surface area contributed by atoms with Gasteiger partial charge in [0.05, 0.1) is 21.2 Å². The van der Waals surface area contributed by atoms with Gasteiger partial charge in [-0.1, -0.05) is 13.0 Å². The van der Waals surface area contributed by atoms with Gasteiger partial charge in [0.25, 0.3) is 10.0 Å². The molecule has 0 bridgehead atoms. The van der Waals surface area contributed by atoms with Crippen molar-refractivity contribution in [1.82, 2.24) is 4.98 Å². The quantitative estimate of drug-likeness (QED) is 0.860. The van der Waals surface area contributed by atoms with Crippen LogP contribution >= 0.6 is 11.3 Å². The highest BCUT2D eigenvalue weighted by molar-refractivity contribution is 7.93. The second-order valence-electron chi connectivity index (χ2n) is 5.17. The van der Waals surface area contributed by atoms with E-state index in [1.54, 1.807) is 13.8 Å². The fraction of sp³-hybridized carbons (Fsp3) is 0.333. The number of carbonyl (C=O) groups is 1. The van der Waals surface area contributed by atoms with E-state index >= 15 is 0 Å². The predicted octanol–water partition coefficient (Wildman–Crippen LogP) is 3.13. The predicted molar refractivity (Wildman–Crippen MR) is 89.9 cm³/mol. The number of sulfonamides is 1. The molecule has 0 aliphatic heterocycles. The van der Waals surface area contributed by atoms with Crippen molar-refractivity contribution in [2.24, 2.45) is 0 Å². The Morgan fingerprint density at radius 3 is 2.48 bits per heavy atom. The van der Waals surface area contributed by atoms with Gasteiger partial charge in [-0.05, 0) is 44.4 Å². The Labute approximate surface area is 139 Å². The number of carboxylic acids is 1. The third kappa shape index (κ3) is 3.37. The van der Waals surface area contributed by atoms with Gasteiger partial charge >= 0.3 is 5.97 Å². The van der Waals surface area contributed by atoms with Crippen LogP contribution in [0.3, 0.4) is 0 Å². The van der Waals surface area contributed by atoms with Gasteiger partial charge < -0.3 is 5.11 Å². The summed E-state index contributed by atoms with van der Waals surface area (Å²) < 4.78 is 27.8. The van der Waals surface area contributed by atoms with E-state index in [1.807, 2.05) is 6.92 Å². The second-order valence-corrected chi connectivity index (χ2v) is 7.90. The van der Waals surface area contributed by atoms with E-state index in [-0.39, 0.29) is 16.0 Å². The monoisotopic (exact) mass is 354 g/mol. The Morgan fingerprint density at radius 2 is 1.96 bits per heavy atom. The van der Waals surface area contributed by atoms with E-state index in [9.17, 15) is 18.3 Å². The molecular formula is C15H18N2O4S2. The van der Waals surface area contributed by atoms with E-state index in [1.165, 1.54) is 30.4 Å². The number of anilines is 1. The number of aromatic nitrogens is 1. The number of nitrogens with zero attached hydrogens (tertiary/aromatic N) is 1. The third-order valence-electron chi connectivity index (χ3n) is 3.50. The smallest absolute Gasteiger partial charge is 0.336 e. The highest BCUT2D eigenvalue weighted by Crippen LogP contribution is 2.29. The fourth-order valence-corrected chi connectivity index (χ4v) is 4.83. The lowest BCUT2D eigenvalue weighted by Gasteiger charge is -2.13. The zero-order chi connectivity index (χ0) is 17.4. The molecule has 0 unspecified atom stereocenters. The Morgan fingerprint density at radius 1 is 1.30 bits per heavy atom. The Bertz CT molecular complexity index is 870. The lowest BCUT2D eigenvalue weighted by molar-refractivity contribution is 0.0695. The molecule has 23 heavy (non-hydrogen) atoms. The first-order valence-corrected chi connectivity index (χ1v) is 9.30. The third-order valence-corrected chi connectivity index (χ3v) is 6.34. The molecule has 2 aromatic rings. The van der Waals surface area contributed by atoms with E-state index in [2.05, 4.69) is 9.71 Å². The van der Waals surface area contributed by atoms with Crippen LogP contribution in [0.4, 0.5) is 5.00 Å². The first-order chi connectivity index (χ1) is 10.7. The summed E-state index contributed by atoms with van der Waals surface area (Å²) in [5, 5.41) is 10.6. The van der Waals surface area contributed by atoms with Crippen LogP contribution in [0, 0.1) is 20.8 Å². The molecule has 1 heterocycles. The maximum atomic E-state index is 12.6. The van der Waals surface area contributed by atoms with Crippen LogP contribution in [-0.4, -0.2) is 24.5 Å². The molecule has 0 spiro atoms. The molecule has 0 amide bonds. The molecule has 2 rings (SSSR count). The summed E-state index contributed by atoms with van der Waals surface area (Å²) in [4.78, 5) is 15.6. The molecule has 0 saturated carbocycles. The van der Waals surface area contributed by atoms with Crippen molar-refractivity contribution in [3.63, 3.8) is 0 Å². The number of rotatable bonds is 5. The number of nitrogens with one attached hydrogen (secondary N) is 1. The average Bonchev–Trinajstić information content (AvgIpc) is 2.78. The molecule has 0 aliphatic carbocycles. The van der Waals surface area contributed by atoms with Crippen LogP contribution < -0.4 is 4.72 Å². The number of hydrogen-bond donors (Lipinski definition) is 2. The SMILES string of the molecule is CCc1nc(C)c(NS(=O)(=O)c2ccc(C)c(C(=O)O)c2C)s1. The molecule has 2 N–H and O–H groups in total. The first-order valence-electron chi connectivity index (χ1n) is 7.00. The maximum Gasteiger partial charge on any atom is 0.336 e. The summed E-state index contributed by atoms with van der Waals surface area (Å²) in [5.41, 5.74) is 1.38. The fourth-order valence-electron chi connectivity index (χ4n) is 2.32. The van der Waals surface area contributed by atoms with Gasteiger partial charge in [-0.3, -0.25) is 4.72 Å². The number of thiazole rings is 1. The second kappa shape index (κ2) is 6.29. The zero-order valence-electron chi connectivity index (χ0n) is 13.3. The standard InChI is InChI=1S/C15H18N2O4S2/c1-5-12-16-10(4)14(22-12)17-23(20,21)11-7-6-8(2)13(9(11)3)15(18)19/h6-7,17H,5H2,1-4H3,(H,18,19). The summed E-state index contributed by atoms with van der Waals surface area (Å²) in [5.74, 6) is -1.14. The molecule has 6 nitrogen and oxygen atoms in total. The summed E-state index contributed by atoms with van der Waals surface area (Å²) in [6.07, 6.45) is 0.722. The van der Waals surface area contributed by atoms with Crippen molar-refractivity contribution in [2.75, 3.05) is 4.72 Å². The molecule has 0 fully saturated rings. The lowest BCUT2D eigenvalue weighted by Crippen LogP contribution is -2.16. The molecular weight excluding hydrogens is 336 g/mol. The highest BCUT2D eigenvalue weighted by Gasteiger charge is 2.24. The van der Waals surface area contributed by atoms with Crippen LogP contribution in [0.2, 0.25) is 0 Å². The van der Waals surface area contributed by atoms with Crippen molar-refractivity contribution in [1.29, 1.82) is 0 Å². The topological polar surface area (TPSA) is 96.4 Å². The number of benzene rings is 1. The van der Waals surface area contributed by atoms with E-state index in [0.29, 0.717) is 16.3 Å². The molecule has 1 aromatic heterocycles. The number of hydrogen-bond acceptors (Lipinski definition) is 5. The molecule has 8 heteroatoms. The minimum absolute atomic E-state index is 0.0168. The van der Waals surface area contributed by atoms with Gasteiger partial charge in [0.1, 0.15) is 5.00 Å². The van der Waals surface area contributed by atoms with E-state index in [4.69, 9.17) is 0 Å². The van der Waals surface area contributed by atoms with Gasteiger partial charge in [-0.15, -0.1) is 11.3 Å². The molecule has 0 saturated heterocycles. The van der Waals surface area contributed by atoms with Crippen molar-refractivity contribution in [3.8, 4) is 0 Å². The lowest BCUT2D eigenvalue weighted by atomic mass is 10.0. The molecule has 0 radical (unpaired) electrons. The van der Waals surface area contributed by atoms with Crippen LogP contribution in [0.1, 0.15) is 39.1 Å². The summed E-state index contributed by atoms with van der Waals surface area (Å²) in [6.45, 7) is 6.82. The summed E-state index contributed by atoms with van der Waals surface area (Å²) in [6, 6.07) is 2.93. The van der Waals surface area contributed by atoms with Crippen molar-refractivity contribution in [2.45, 2.75) is 39.0 Å². The number of carboxylic acid groups (broad SMARTS) is 1. The minimum atomic E-state index is -3.88. The van der Waals surface area contributed by atoms with Gasteiger partial charge in [0.2, 0.25) is 0 Å². The summed E-state index contributed by atoms with van der Waals surface area (Å²) >= 11 is 1.28. The van der Waals surface area contributed by atoms with Crippen LogP contribution in [0.25, 0.3) is 0 Å². The highest BCUT2D eigenvalue weighted by atomic mass is 32.2. The van der Waals surface area contributed by atoms with Crippen molar-refractivity contribution >= 4 is 32.3 Å². The minimum Gasteiger partial charge on any atom is -0.478 e. The average molecular weight is 354 g/mol. The van der Waals surface area contributed by atoms with Gasteiger partial charge in [-0.2, -0.15) is 0 Å². The van der Waals surface area contributed by atoms with Crippen molar-refractivity contribution < 1.29 is 18.3 Å². The number of aromatic carboxylic acids is 1. The van der Waals surface area contributed by atoms with E-state index in [0.717, 1.165) is 11.4 Å².